The van der Waals surface area contributed by atoms with E-state index in [0.29, 0.717) is 0 Å². The zero-order chi connectivity index (χ0) is 9.57. The summed E-state index contributed by atoms with van der Waals surface area (Å²) in [6.07, 6.45) is 3.46. The highest BCUT2D eigenvalue weighted by molar-refractivity contribution is 4.86. The second kappa shape index (κ2) is 5.58. The Labute approximate surface area is 80.8 Å². The fraction of sp³-hybridized carbons (Fsp3) is 1.00. The SMILES string of the molecule is COCCCCNC1(C)CCOC1. The number of hydrogen-bond donors (Lipinski definition) is 1. The summed E-state index contributed by atoms with van der Waals surface area (Å²) in [6.45, 7) is 5.94. The van der Waals surface area contributed by atoms with Crippen LogP contribution in [0.2, 0.25) is 0 Å². The van der Waals surface area contributed by atoms with E-state index in [1.807, 2.05) is 0 Å². The van der Waals surface area contributed by atoms with Crippen molar-refractivity contribution in [3.05, 3.63) is 0 Å². The molecular formula is C10H21NO2. The summed E-state index contributed by atoms with van der Waals surface area (Å²) in [4.78, 5) is 0. The van der Waals surface area contributed by atoms with Gasteiger partial charge in [-0.2, -0.15) is 0 Å². The number of hydrogen-bond acceptors (Lipinski definition) is 3. The maximum atomic E-state index is 5.35. The summed E-state index contributed by atoms with van der Waals surface area (Å²) in [5, 5.41) is 3.54. The van der Waals surface area contributed by atoms with Gasteiger partial charge in [0.2, 0.25) is 0 Å². The molecule has 0 spiro atoms. The van der Waals surface area contributed by atoms with E-state index in [4.69, 9.17) is 9.47 Å². The van der Waals surface area contributed by atoms with Crippen LogP contribution < -0.4 is 5.32 Å². The van der Waals surface area contributed by atoms with Crippen molar-refractivity contribution in [1.29, 1.82) is 0 Å². The van der Waals surface area contributed by atoms with Gasteiger partial charge in [0.15, 0.2) is 0 Å². The summed E-state index contributed by atoms with van der Waals surface area (Å²) >= 11 is 0. The average Bonchev–Trinajstić information content (AvgIpc) is 2.53. The van der Waals surface area contributed by atoms with E-state index >= 15 is 0 Å². The summed E-state index contributed by atoms with van der Waals surface area (Å²) in [7, 11) is 1.75. The van der Waals surface area contributed by atoms with Crippen LogP contribution in [0.25, 0.3) is 0 Å². The molecule has 3 nitrogen and oxygen atoms in total. The standard InChI is InChI=1S/C10H21NO2/c1-10(5-8-13-9-10)11-6-3-4-7-12-2/h11H,3-9H2,1-2H3. The van der Waals surface area contributed by atoms with Gasteiger partial charge in [-0.25, -0.2) is 0 Å². The molecule has 1 aliphatic heterocycles. The lowest BCUT2D eigenvalue weighted by Gasteiger charge is -2.23. The predicted octanol–water partition coefficient (Wildman–Crippen LogP) is 1.18. The minimum Gasteiger partial charge on any atom is -0.385 e. The Hall–Kier alpha value is -0.120. The third-order valence-electron chi connectivity index (χ3n) is 2.55. The van der Waals surface area contributed by atoms with Gasteiger partial charge in [0, 0.05) is 25.9 Å². The molecule has 0 aromatic rings. The van der Waals surface area contributed by atoms with Crippen LogP contribution in [-0.2, 0) is 9.47 Å². The fourth-order valence-electron chi connectivity index (χ4n) is 1.57. The average molecular weight is 187 g/mol. The Morgan fingerprint density at radius 3 is 2.92 bits per heavy atom. The Kier molecular flexibility index (Phi) is 4.70. The summed E-state index contributed by atoms with van der Waals surface area (Å²) in [6, 6.07) is 0. The Morgan fingerprint density at radius 2 is 2.31 bits per heavy atom. The summed E-state index contributed by atoms with van der Waals surface area (Å²) in [5.74, 6) is 0. The third-order valence-corrected chi connectivity index (χ3v) is 2.55. The van der Waals surface area contributed by atoms with Crippen molar-refractivity contribution < 1.29 is 9.47 Å². The molecule has 0 radical (unpaired) electrons. The Morgan fingerprint density at radius 1 is 1.46 bits per heavy atom. The molecule has 3 heteroatoms. The van der Waals surface area contributed by atoms with Gasteiger partial charge in [0.05, 0.1) is 6.61 Å². The lowest BCUT2D eigenvalue weighted by atomic mass is 10.0. The zero-order valence-corrected chi connectivity index (χ0v) is 8.77. The van der Waals surface area contributed by atoms with Crippen LogP contribution in [0, 0.1) is 0 Å². The van der Waals surface area contributed by atoms with Crippen molar-refractivity contribution in [2.24, 2.45) is 0 Å². The van der Waals surface area contributed by atoms with Crippen molar-refractivity contribution in [3.63, 3.8) is 0 Å². The molecule has 1 fully saturated rings. The van der Waals surface area contributed by atoms with Gasteiger partial charge >= 0.3 is 0 Å². The molecule has 0 aromatic carbocycles. The largest absolute Gasteiger partial charge is 0.385 e. The van der Waals surface area contributed by atoms with Gasteiger partial charge in [-0.3, -0.25) is 0 Å². The molecule has 0 aliphatic carbocycles. The molecule has 1 saturated heterocycles. The van der Waals surface area contributed by atoms with Crippen LogP contribution >= 0.6 is 0 Å². The number of ether oxygens (including phenoxy) is 2. The molecule has 0 amide bonds. The first-order valence-electron chi connectivity index (χ1n) is 5.08. The highest BCUT2D eigenvalue weighted by Crippen LogP contribution is 2.17. The lowest BCUT2D eigenvalue weighted by Crippen LogP contribution is -2.43. The van der Waals surface area contributed by atoms with E-state index in [2.05, 4.69) is 12.2 Å². The van der Waals surface area contributed by atoms with Gasteiger partial charge in [0.1, 0.15) is 0 Å². The van der Waals surface area contributed by atoms with Gasteiger partial charge in [-0.05, 0) is 32.7 Å². The van der Waals surface area contributed by atoms with E-state index < -0.39 is 0 Å². The van der Waals surface area contributed by atoms with Gasteiger partial charge < -0.3 is 14.8 Å². The maximum Gasteiger partial charge on any atom is 0.0646 e. The predicted molar refractivity (Wildman–Crippen MR) is 53.0 cm³/mol. The van der Waals surface area contributed by atoms with Gasteiger partial charge in [-0.1, -0.05) is 0 Å². The number of nitrogens with one attached hydrogen (secondary N) is 1. The lowest BCUT2D eigenvalue weighted by molar-refractivity contribution is 0.169. The van der Waals surface area contributed by atoms with E-state index in [9.17, 15) is 0 Å². The van der Waals surface area contributed by atoms with Crippen LogP contribution in [0.3, 0.4) is 0 Å². The fourth-order valence-corrected chi connectivity index (χ4v) is 1.57. The molecule has 0 aromatic heterocycles. The maximum absolute atomic E-state index is 5.35. The van der Waals surface area contributed by atoms with Gasteiger partial charge in [-0.15, -0.1) is 0 Å². The first-order valence-corrected chi connectivity index (χ1v) is 5.08. The number of rotatable bonds is 6. The summed E-state index contributed by atoms with van der Waals surface area (Å²) < 4.78 is 10.3. The number of methoxy groups -OCH3 is 1. The molecule has 1 N–H and O–H groups in total. The van der Waals surface area contributed by atoms with E-state index in [-0.39, 0.29) is 5.54 Å². The molecule has 0 saturated carbocycles. The van der Waals surface area contributed by atoms with Crippen LogP contribution in [0.1, 0.15) is 26.2 Å². The van der Waals surface area contributed by atoms with Crippen molar-refractivity contribution in [2.75, 3.05) is 33.5 Å². The van der Waals surface area contributed by atoms with Crippen LogP contribution in [0.5, 0.6) is 0 Å². The molecule has 1 rings (SSSR count). The van der Waals surface area contributed by atoms with Crippen LogP contribution in [0.15, 0.2) is 0 Å². The highest BCUT2D eigenvalue weighted by Gasteiger charge is 2.28. The molecule has 1 aliphatic rings. The first-order chi connectivity index (χ1) is 6.27. The smallest absolute Gasteiger partial charge is 0.0646 e. The topological polar surface area (TPSA) is 30.5 Å². The van der Waals surface area contributed by atoms with Crippen molar-refractivity contribution in [1.82, 2.24) is 5.32 Å². The Balaban J connectivity index is 1.98. The molecule has 1 atom stereocenters. The van der Waals surface area contributed by atoms with E-state index in [0.717, 1.165) is 39.2 Å². The molecular weight excluding hydrogens is 166 g/mol. The Bertz CT molecular complexity index is 133. The minimum atomic E-state index is 0.229. The second-order valence-electron chi connectivity index (χ2n) is 3.99. The first kappa shape index (κ1) is 11.0. The van der Waals surface area contributed by atoms with Crippen molar-refractivity contribution >= 4 is 0 Å². The van der Waals surface area contributed by atoms with Crippen LogP contribution in [-0.4, -0.2) is 39.0 Å². The van der Waals surface area contributed by atoms with Gasteiger partial charge in [0.25, 0.3) is 0 Å². The van der Waals surface area contributed by atoms with Crippen molar-refractivity contribution in [3.8, 4) is 0 Å². The monoisotopic (exact) mass is 187 g/mol. The minimum absolute atomic E-state index is 0.229. The quantitative estimate of drug-likeness (QED) is 0.633. The molecule has 1 heterocycles. The normalized spacial score (nSPS) is 28.2. The highest BCUT2D eigenvalue weighted by atomic mass is 16.5. The molecule has 13 heavy (non-hydrogen) atoms. The molecule has 0 bridgehead atoms. The third kappa shape index (κ3) is 4.07. The summed E-state index contributed by atoms with van der Waals surface area (Å²) in [5.41, 5.74) is 0.229. The molecule has 78 valence electrons. The van der Waals surface area contributed by atoms with Crippen molar-refractivity contribution in [2.45, 2.75) is 31.7 Å². The van der Waals surface area contributed by atoms with Crippen LogP contribution in [0.4, 0.5) is 0 Å². The number of unbranched alkanes of at least 4 members (excludes halogenated alkanes) is 1. The molecule has 1 unspecified atom stereocenters. The van der Waals surface area contributed by atoms with E-state index in [1.165, 1.54) is 6.42 Å². The second-order valence-corrected chi connectivity index (χ2v) is 3.99. The van der Waals surface area contributed by atoms with E-state index in [1.54, 1.807) is 7.11 Å². The zero-order valence-electron chi connectivity index (χ0n) is 8.77.